The summed E-state index contributed by atoms with van der Waals surface area (Å²) in [6.07, 6.45) is -11.0. The summed E-state index contributed by atoms with van der Waals surface area (Å²) in [6, 6.07) is 11.7. The fourth-order valence-electron chi connectivity index (χ4n) is 5.86. The molecule has 3 rings (SSSR count). The fraction of sp³-hybridized carbons (Fsp3) is 0.243. The van der Waals surface area contributed by atoms with Crippen molar-refractivity contribution < 1.29 is 48.8 Å². The third-order valence-corrected chi connectivity index (χ3v) is 9.06. The number of aromatic hydroxyl groups is 1. The minimum Gasteiger partial charge on any atom is -0.508 e. The van der Waals surface area contributed by atoms with Crippen LogP contribution >= 0.6 is 0 Å². The van der Waals surface area contributed by atoms with Gasteiger partial charge in [-0.25, -0.2) is 20.0 Å². The summed E-state index contributed by atoms with van der Waals surface area (Å²) >= 11 is 0. The SMILES string of the molecule is CN(C)c1ccc(CN(c2ccc([N+](=O)[O-])cc2[N+](=O)[O-])C(O)C(=O)NC(C(=O)NC(N=C(N)N)C(=O)NC(N=C(N)N)C(=O)NC(N=C(N)N)C(=O)NC(N=C(N)N)C(N)=O)c2ccccc2)c(O)c1. The molecule has 6 unspecified atom stereocenters. The highest BCUT2D eigenvalue weighted by molar-refractivity contribution is 5.99. The van der Waals surface area contributed by atoms with Crippen molar-refractivity contribution in [1.29, 1.82) is 0 Å². The van der Waals surface area contributed by atoms with Gasteiger partial charge in [0, 0.05) is 44.0 Å². The molecule has 0 aliphatic rings. The second kappa shape index (κ2) is 24.5. The largest absolute Gasteiger partial charge is 0.508 e. The van der Waals surface area contributed by atoms with E-state index in [4.69, 9.17) is 51.6 Å². The lowest BCUT2D eigenvalue weighted by Gasteiger charge is -2.31. The number of phenolic OH excluding ortho intramolecular Hbond substituents is 1. The summed E-state index contributed by atoms with van der Waals surface area (Å²) in [7, 11) is 3.34. The highest BCUT2D eigenvalue weighted by Gasteiger charge is 2.36. The summed E-state index contributed by atoms with van der Waals surface area (Å²) in [5, 5.41) is 56.9. The van der Waals surface area contributed by atoms with Crippen LogP contribution in [0.1, 0.15) is 17.2 Å². The average molecular weight is 995 g/mol. The lowest BCUT2D eigenvalue weighted by atomic mass is 10.1. The van der Waals surface area contributed by atoms with E-state index in [1.165, 1.54) is 48.5 Å². The monoisotopic (exact) mass is 994 g/mol. The number of nitro groups is 2. The summed E-state index contributed by atoms with van der Waals surface area (Å²) in [5.74, 6) is -11.9. The van der Waals surface area contributed by atoms with Gasteiger partial charge in [-0.3, -0.25) is 49.0 Å². The number of aliphatic imine (C=N–C) groups is 4. The van der Waals surface area contributed by atoms with Crippen LogP contribution in [0, 0.1) is 20.2 Å². The highest BCUT2D eigenvalue weighted by Crippen LogP contribution is 2.35. The van der Waals surface area contributed by atoms with Crippen LogP contribution in [-0.4, -0.2) is 124 Å². The Labute approximate surface area is 399 Å². The van der Waals surface area contributed by atoms with Gasteiger partial charge in [-0.1, -0.05) is 36.4 Å². The number of nitrogens with two attached hydrogens (primary N) is 9. The number of aliphatic hydroxyl groups excluding tert-OH is 1. The van der Waals surface area contributed by atoms with E-state index in [0.717, 1.165) is 12.1 Å². The average Bonchev–Trinajstić information content (AvgIpc) is 3.28. The van der Waals surface area contributed by atoms with E-state index in [2.05, 4.69) is 30.6 Å². The molecule has 0 saturated carbocycles. The number of hydrogen-bond acceptors (Lipinski definition) is 18. The molecule has 25 N–H and O–H groups in total. The molecule has 6 atom stereocenters. The van der Waals surface area contributed by atoms with Crippen molar-refractivity contribution in [3.05, 3.63) is 98.1 Å². The lowest BCUT2D eigenvalue weighted by molar-refractivity contribution is -0.393. The van der Waals surface area contributed by atoms with Crippen molar-refractivity contribution in [1.82, 2.24) is 26.6 Å². The molecule has 34 nitrogen and oxygen atoms in total. The molecule has 3 aromatic carbocycles. The molecule has 0 aromatic heterocycles. The van der Waals surface area contributed by atoms with Gasteiger partial charge in [-0.15, -0.1) is 0 Å². The molecule has 0 saturated heterocycles. The number of rotatable bonds is 23. The van der Waals surface area contributed by atoms with E-state index < -0.39 is 130 Å². The highest BCUT2D eigenvalue weighted by atomic mass is 16.6. The first-order valence-electron chi connectivity index (χ1n) is 19.8. The maximum atomic E-state index is 14.2. The smallest absolute Gasteiger partial charge is 0.299 e. The normalized spacial score (nSPS) is 13.0. The molecular formula is C37H50N22O12. The van der Waals surface area contributed by atoms with Crippen molar-refractivity contribution in [2.75, 3.05) is 23.9 Å². The number of aliphatic hydroxyl groups is 1. The number of nitrogens with zero attached hydrogens (tertiary/aromatic N) is 8. The van der Waals surface area contributed by atoms with Crippen molar-refractivity contribution >= 4 is 82.0 Å². The first-order valence-corrected chi connectivity index (χ1v) is 19.8. The van der Waals surface area contributed by atoms with Gasteiger partial charge in [0.25, 0.3) is 40.9 Å². The van der Waals surface area contributed by atoms with Crippen molar-refractivity contribution in [3.63, 3.8) is 0 Å². The van der Waals surface area contributed by atoms with Crippen LogP contribution in [-0.2, 0) is 35.3 Å². The summed E-state index contributed by atoms with van der Waals surface area (Å²) in [4.78, 5) is 119. The van der Waals surface area contributed by atoms with E-state index >= 15 is 0 Å². The van der Waals surface area contributed by atoms with E-state index in [0.29, 0.717) is 16.7 Å². The number of amides is 6. The topological polar surface area (TPSA) is 579 Å². The number of hydrogen-bond donors (Lipinski definition) is 16. The molecule has 3 aromatic rings. The predicted octanol–water partition coefficient (Wildman–Crippen LogP) is -7.19. The number of phenols is 1. The van der Waals surface area contributed by atoms with Gasteiger partial charge in [0.1, 0.15) is 17.5 Å². The number of carbonyl (C=O) groups excluding carboxylic acids is 6. The van der Waals surface area contributed by atoms with E-state index in [-0.39, 0.29) is 16.9 Å². The van der Waals surface area contributed by atoms with E-state index in [9.17, 15) is 59.2 Å². The first-order chi connectivity index (χ1) is 33.2. The Balaban J connectivity index is 2.04. The number of nitrogens with one attached hydrogen (secondary N) is 5. The summed E-state index contributed by atoms with van der Waals surface area (Å²) in [5.41, 5.74) is 46.9. The maximum Gasteiger partial charge on any atom is 0.299 e. The quantitative estimate of drug-likeness (QED) is 0.0138. The van der Waals surface area contributed by atoms with E-state index in [1.54, 1.807) is 19.0 Å². The van der Waals surface area contributed by atoms with Crippen LogP contribution in [0.25, 0.3) is 0 Å². The number of nitro benzene ring substituents is 2. The Morgan fingerprint density at radius 3 is 1.49 bits per heavy atom. The summed E-state index contributed by atoms with van der Waals surface area (Å²) in [6.45, 7) is -0.657. The van der Waals surface area contributed by atoms with Crippen molar-refractivity contribution in [3.8, 4) is 5.75 Å². The van der Waals surface area contributed by atoms with E-state index in [1.807, 2.05) is 16.0 Å². The van der Waals surface area contributed by atoms with Gasteiger partial charge in [-0.2, -0.15) is 0 Å². The zero-order valence-corrected chi connectivity index (χ0v) is 37.3. The molecule has 0 aliphatic heterocycles. The van der Waals surface area contributed by atoms with Crippen LogP contribution < -0.4 is 88.0 Å². The van der Waals surface area contributed by atoms with Crippen LogP contribution in [0.5, 0.6) is 5.75 Å². The number of non-ortho nitro benzene ring substituents is 1. The molecule has 380 valence electrons. The third-order valence-electron chi connectivity index (χ3n) is 9.06. The number of benzene rings is 3. The standard InChI is InChI=1S/C37H50N22O12/c1-56(2)17-9-8-16(21(60)13-17)14-57(19-11-10-18(58(68)69)12-20(19)59(70)71)33(67)32(66)47-22(15-6-4-3-5-7-15)28(62)49-25(53-35(41)42)30(64)51-27(55-37(45)46)31(65)50-26(54-36(43)44)29(63)48-24(23(38)61)52-34(39)40/h3-13,22,24-27,33,60,67H,14H2,1-2H3,(H2,38,61)(H,47,66)(H,48,63)(H,49,62)(H,50,65)(H,51,64)(H4,39,40,52)(H4,41,42,53)(H4,43,44,54)(H4,45,46,55). The molecule has 34 heteroatoms. The maximum absolute atomic E-state index is 14.2. The second-order valence-electron chi connectivity index (χ2n) is 14.5. The Morgan fingerprint density at radius 1 is 0.606 bits per heavy atom. The zero-order valence-electron chi connectivity index (χ0n) is 37.3. The third kappa shape index (κ3) is 15.9. The van der Waals surface area contributed by atoms with Crippen LogP contribution in [0.4, 0.5) is 22.7 Å². The molecule has 0 heterocycles. The molecule has 0 radical (unpaired) electrons. The number of carbonyl (C=O) groups is 6. The van der Waals surface area contributed by atoms with Gasteiger partial charge in [-0.05, 0) is 17.7 Å². The fourth-order valence-corrected chi connectivity index (χ4v) is 5.86. The predicted molar refractivity (Wildman–Crippen MR) is 252 cm³/mol. The first kappa shape index (κ1) is 55.1. The zero-order chi connectivity index (χ0) is 53.4. The van der Waals surface area contributed by atoms with Gasteiger partial charge in [0.2, 0.25) is 36.8 Å². The van der Waals surface area contributed by atoms with Gasteiger partial charge in [0.15, 0.2) is 23.8 Å². The van der Waals surface area contributed by atoms with Gasteiger partial charge >= 0.3 is 0 Å². The Morgan fingerprint density at radius 2 is 1.07 bits per heavy atom. The Bertz CT molecular complexity index is 2630. The minimum absolute atomic E-state index is 0.000786. The second-order valence-corrected chi connectivity index (χ2v) is 14.5. The molecule has 0 bridgehead atoms. The lowest BCUT2D eigenvalue weighted by Crippen LogP contribution is -2.58. The molecule has 6 amide bonds. The van der Waals surface area contributed by atoms with Crippen LogP contribution in [0.3, 0.4) is 0 Å². The van der Waals surface area contributed by atoms with Crippen LogP contribution in [0.2, 0.25) is 0 Å². The number of primary amides is 1. The van der Waals surface area contributed by atoms with Gasteiger partial charge in [0.05, 0.1) is 15.9 Å². The Kier molecular flexibility index (Phi) is 19.0. The van der Waals surface area contributed by atoms with Crippen molar-refractivity contribution in [2.24, 2.45) is 71.6 Å². The number of guanidine groups is 4. The Hall–Kier alpha value is -10.3. The van der Waals surface area contributed by atoms with Gasteiger partial charge < -0.3 is 98.2 Å². The summed E-state index contributed by atoms with van der Waals surface area (Å²) < 4.78 is 0. The molecular weight excluding hydrogens is 945 g/mol. The minimum atomic E-state index is -2.49. The number of anilines is 2. The molecule has 0 spiro atoms. The molecule has 0 fully saturated rings. The van der Waals surface area contributed by atoms with Crippen molar-refractivity contribution in [2.45, 2.75) is 43.5 Å². The molecule has 0 aliphatic carbocycles. The molecule has 71 heavy (non-hydrogen) atoms. The van der Waals surface area contributed by atoms with Crippen LogP contribution in [0.15, 0.2) is 86.7 Å².